The van der Waals surface area contributed by atoms with Crippen LogP contribution in [-0.2, 0) is 0 Å². The highest BCUT2D eigenvalue weighted by atomic mass is 19.2. The summed E-state index contributed by atoms with van der Waals surface area (Å²) in [5.41, 5.74) is -0.497. The van der Waals surface area contributed by atoms with Crippen LogP contribution in [0.2, 0.25) is 0 Å². The molecule has 3 rings (SSSR count). The molecule has 2 aromatic rings. The first-order chi connectivity index (χ1) is 12.9. The van der Waals surface area contributed by atoms with E-state index in [9.17, 15) is 18.0 Å². The van der Waals surface area contributed by atoms with Crippen LogP contribution in [0.5, 0.6) is 5.88 Å². The summed E-state index contributed by atoms with van der Waals surface area (Å²) in [5.74, 6) is -4.28. The summed E-state index contributed by atoms with van der Waals surface area (Å²) in [5, 5.41) is 0. The van der Waals surface area contributed by atoms with Crippen molar-refractivity contribution >= 4 is 11.7 Å². The zero-order valence-corrected chi connectivity index (χ0v) is 15.0. The molecule has 6 nitrogen and oxygen atoms in total. The number of likely N-dealkylation sites (tertiary alicyclic amines) is 1. The van der Waals surface area contributed by atoms with Crippen molar-refractivity contribution in [3.8, 4) is 5.88 Å². The van der Waals surface area contributed by atoms with Gasteiger partial charge in [-0.1, -0.05) is 0 Å². The fourth-order valence-corrected chi connectivity index (χ4v) is 2.95. The lowest BCUT2D eigenvalue weighted by Gasteiger charge is -2.33. The Bertz CT molecular complexity index is 847. The number of anilines is 1. The van der Waals surface area contributed by atoms with E-state index in [-0.39, 0.29) is 12.6 Å². The van der Waals surface area contributed by atoms with Crippen LogP contribution in [0.3, 0.4) is 0 Å². The second-order valence-electron chi connectivity index (χ2n) is 6.44. The number of carbonyl (C=O) groups is 1. The van der Waals surface area contributed by atoms with Gasteiger partial charge in [0.05, 0.1) is 12.1 Å². The Morgan fingerprint density at radius 1 is 1.19 bits per heavy atom. The standard InChI is InChI=1S/C18H19F3N4O2/c1-24(2)16-17(23-8-7-22-16)27-11-4-3-9-25(10-11)18(26)12-5-6-13(19)15(21)14(12)20/h5-8,11H,3-4,9-10H2,1-2H3. The van der Waals surface area contributed by atoms with Crippen molar-refractivity contribution in [1.29, 1.82) is 0 Å². The molecule has 0 aliphatic carbocycles. The van der Waals surface area contributed by atoms with Gasteiger partial charge in [0.15, 0.2) is 23.3 Å². The Morgan fingerprint density at radius 2 is 1.93 bits per heavy atom. The first-order valence-corrected chi connectivity index (χ1v) is 8.46. The molecule has 0 spiro atoms. The van der Waals surface area contributed by atoms with Gasteiger partial charge in [0, 0.05) is 33.0 Å². The Labute approximate surface area is 154 Å². The molecular weight excluding hydrogens is 361 g/mol. The lowest BCUT2D eigenvalue weighted by atomic mass is 10.1. The lowest BCUT2D eigenvalue weighted by Crippen LogP contribution is -2.44. The summed E-state index contributed by atoms with van der Waals surface area (Å²) >= 11 is 0. The number of ether oxygens (including phenoxy) is 1. The average Bonchev–Trinajstić information content (AvgIpc) is 2.66. The van der Waals surface area contributed by atoms with Crippen LogP contribution in [0.1, 0.15) is 23.2 Å². The number of piperidine rings is 1. The number of aromatic nitrogens is 2. The molecule has 0 saturated carbocycles. The predicted molar refractivity (Wildman–Crippen MR) is 92.2 cm³/mol. The van der Waals surface area contributed by atoms with Gasteiger partial charge in [0.25, 0.3) is 11.8 Å². The molecule has 0 radical (unpaired) electrons. The third-order valence-corrected chi connectivity index (χ3v) is 4.28. The van der Waals surface area contributed by atoms with Gasteiger partial charge >= 0.3 is 0 Å². The Hall–Kier alpha value is -2.84. The molecule has 1 aliphatic heterocycles. The van der Waals surface area contributed by atoms with Crippen molar-refractivity contribution in [3.05, 3.63) is 47.5 Å². The SMILES string of the molecule is CN(C)c1nccnc1OC1CCCN(C(=O)c2ccc(F)c(F)c2F)C1. The number of carbonyl (C=O) groups excluding carboxylic acids is 1. The van der Waals surface area contributed by atoms with E-state index in [0.29, 0.717) is 31.1 Å². The smallest absolute Gasteiger partial charge is 0.257 e. The van der Waals surface area contributed by atoms with E-state index in [0.717, 1.165) is 12.1 Å². The first kappa shape index (κ1) is 18.9. The average molecular weight is 380 g/mol. The van der Waals surface area contributed by atoms with Crippen molar-refractivity contribution in [1.82, 2.24) is 14.9 Å². The van der Waals surface area contributed by atoms with Gasteiger partial charge in [-0.05, 0) is 25.0 Å². The monoisotopic (exact) mass is 380 g/mol. The third kappa shape index (κ3) is 3.96. The zero-order chi connectivity index (χ0) is 19.6. The van der Waals surface area contributed by atoms with Gasteiger partial charge in [-0.3, -0.25) is 4.79 Å². The molecule has 9 heteroatoms. The normalized spacial score (nSPS) is 16.9. The van der Waals surface area contributed by atoms with Crippen LogP contribution in [0.15, 0.2) is 24.5 Å². The molecule has 0 bridgehead atoms. The molecule has 1 atom stereocenters. The summed E-state index contributed by atoms with van der Waals surface area (Å²) in [6, 6.07) is 1.69. The van der Waals surface area contributed by atoms with Gasteiger partial charge < -0.3 is 14.5 Å². The molecule has 1 aromatic carbocycles. The quantitative estimate of drug-likeness (QED) is 0.764. The molecule has 1 unspecified atom stereocenters. The minimum atomic E-state index is -1.65. The van der Waals surface area contributed by atoms with Crippen LogP contribution < -0.4 is 9.64 Å². The predicted octanol–water partition coefficient (Wildman–Crippen LogP) is 2.64. The van der Waals surface area contributed by atoms with Crippen molar-refractivity contribution in [2.45, 2.75) is 18.9 Å². The molecule has 1 saturated heterocycles. The van der Waals surface area contributed by atoms with Gasteiger partial charge in [-0.25, -0.2) is 23.1 Å². The van der Waals surface area contributed by atoms with Crippen LogP contribution in [0, 0.1) is 17.5 Å². The molecule has 0 N–H and O–H groups in total. The van der Waals surface area contributed by atoms with E-state index in [1.165, 1.54) is 11.1 Å². The Kier molecular flexibility index (Phi) is 5.48. The van der Waals surface area contributed by atoms with E-state index < -0.39 is 28.9 Å². The zero-order valence-electron chi connectivity index (χ0n) is 15.0. The number of benzene rings is 1. The number of hydrogen-bond acceptors (Lipinski definition) is 5. The molecule has 27 heavy (non-hydrogen) atoms. The van der Waals surface area contributed by atoms with E-state index >= 15 is 0 Å². The van der Waals surface area contributed by atoms with Crippen LogP contribution in [-0.4, -0.2) is 54.1 Å². The number of amides is 1. The van der Waals surface area contributed by atoms with Gasteiger partial charge in [-0.15, -0.1) is 0 Å². The molecular formula is C18H19F3N4O2. The van der Waals surface area contributed by atoms with Crippen LogP contribution >= 0.6 is 0 Å². The Balaban J connectivity index is 1.75. The molecule has 1 amide bonds. The minimum absolute atomic E-state index is 0.181. The van der Waals surface area contributed by atoms with E-state index in [1.807, 2.05) is 0 Å². The number of nitrogens with zero attached hydrogens (tertiary/aromatic N) is 4. The van der Waals surface area contributed by atoms with Crippen molar-refractivity contribution < 1.29 is 22.7 Å². The maximum Gasteiger partial charge on any atom is 0.257 e. The van der Waals surface area contributed by atoms with Crippen LogP contribution in [0.25, 0.3) is 0 Å². The summed E-state index contributed by atoms with van der Waals surface area (Å²) in [6.45, 7) is 0.554. The lowest BCUT2D eigenvalue weighted by molar-refractivity contribution is 0.0523. The van der Waals surface area contributed by atoms with E-state index in [1.54, 1.807) is 25.2 Å². The topological polar surface area (TPSA) is 58.6 Å². The second kappa shape index (κ2) is 7.81. The third-order valence-electron chi connectivity index (χ3n) is 4.28. The molecule has 1 aliphatic rings. The maximum absolute atomic E-state index is 13.9. The minimum Gasteiger partial charge on any atom is -0.470 e. The number of halogens is 3. The maximum atomic E-state index is 13.9. The largest absolute Gasteiger partial charge is 0.470 e. The summed E-state index contributed by atoms with van der Waals surface area (Å²) < 4.78 is 46.4. The highest BCUT2D eigenvalue weighted by Gasteiger charge is 2.29. The molecule has 1 aromatic heterocycles. The van der Waals surface area contributed by atoms with Gasteiger partial charge in [-0.2, -0.15) is 0 Å². The molecule has 144 valence electrons. The Morgan fingerprint density at radius 3 is 2.67 bits per heavy atom. The first-order valence-electron chi connectivity index (χ1n) is 8.46. The summed E-state index contributed by atoms with van der Waals surface area (Å²) in [6.07, 6.45) is 3.98. The number of rotatable bonds is 4. The number of hydrogen-bond donors (Lipinski definition) is 0. The van der Waals surface area contributed by atoms with Gasteiger partial charge in [0.2, 0.25) is 0 Å². The fraction of sp³-hybridized carbons (Fsp3) is 0.389. The van der Waals surface area contributed by atoms with Gasteiger partial charge in [0.1, 0.15) is 6.10 Å². The van der Waals surface area contributed by atoms with Crippen LogP contribution in [0.4, 0.5) is 19.0 Å². The molecule has 2 heterocycles. The highest BCUT2D eigenvalue weighted by Crippen LogP contribution is 2.25. The van der Waals surface area contributed by atoms with Crippen molar-refractivity contribution in [3.63, 3.8) is 0 Å². The summed E-state index contributed by atoms with van der Waals surface area (Å²) in [7, 11) is 3.61. The second-order valence-corrected chi connectivity index (χ2v) is 6.44. The highest BCUT2D eigenvalue weighted by molar-refractivity contribution is 5.94. The van der Waals surface area contributed by atoms with E-state index in [2.05, 4.69) is 9.97 Å². The van der Waals surface area contributed by atoms with E-state index in [4.69, 9.17) is 4.74 Å². The summed E-state index contributed by atoms with van der Waals surface area (Å²) in [4.78, 5) is 24.1. The van der Waals surface area contributed by atoms with Crippen molar-refractivity contribution in [2.75, 3.05) is 32.1 Å². The molecule has 1 fully saturated rings. The van der Waals surface area contributed by atoms with Crippen molar-refractivity contribution in [2.24, 2.45) is 0 Å². The fourth-order valence-electron chi connectivity index (χ4n) is 2.95.